The molecule has 23 heavy (non-hydrogen) atoms. The number of nitrogens with one attached hydrogen (secondary N) is 1. The molecule has 1 aromatic carbocycles. The largest absolute Gasteiger partial charge is 0.444 e. The van der Waals surface area contributed by atoms with Gasteiger partial charge in [0.25, 0.3) is 0 Å². The standard InChI is InChI=1S/C19H30N2O2/c1-5-15-9-6-7-11-17(15)20-16-10-8-13-21(14-12-16)18(22)23-19(2,3)4/h6-7,9,11,16,20H,5,8,10,12-14H2,1-4H3. The van der Waals surface area contributed by atoms with Gasteiger partial charge in [0.05, 0.1) is 0 Å². The van der Waals surface area contributed by atoms with Crippen molar-refractivity contribution in [3.63, 3.8) is 0 Å². The van der Waals surface area contributed by atoms with Gasteiger partial charge < -0.3 is 15.0 Å². The predicted octanol–water partition coefficient (Wildman–Crippen LogP) is 4.45. The minimum atomic E-state index is -0.429. The van der Waals surface area contributed by atoms with Gasteiger partial charge in [-0.2, -0.15) is 0 Å². The summed E-state index contributed by atoms with van der Waals surface area (Å²) in [6.07, 6.45) is 3.88. The molecule has 1 aromatic rings. The summed E-state index contributed by atoms with van der Waals surface area (Å²) in [4.78, 5) is 14.1. The molecule has 1 saturated heterocycles. The molecule has 128 valence electrons. The predicted molar refractivity (Wildman–Crippen MR) is 94.9 cm³/mol. The SMILES string of the molecule is CCc1ccccc1NC1CCCN(C(=O)OC(C)(C)C)CC1. The Morgan fingerprint density at radius 1 is 1.26 bits per heavy atom. The van der Waals surface area contributed by atoms with E-state index < -0.39 is 5.60 Å². The molecule has 0 bridgehead atoms. The first-order valence-corrected chi connectivity index (χ1v) is 8.71. The minimum absolute atomic E-state index is 0.188. The molecule has 1 aliphatic heterocycles. The van der Waals surface area contributed by atoms with E-state index in [1.54, 1.807) is 0 Å². The molecule has 0 spiro atoms. The van der Waals surface area contributed by atoms with Gasteiger partial charge >= 0.3 is 6.09 Å². The lowest BCUT2D eigenvalue weighted by atomic mass is 10.1. The summed E-state index contributed by atoms with van der Waals surface area (Å²) in [5, 5.41) is 3.67. The number of ether oxygens (including phenoxy) is 1. The average Bonchev–Trinajstić information content (AvgIpc) is 2.72. The van der Waals surface area contributed by atoms with Crippen LogP contribution in [0, 0.1) is 0 Å². The summed E-state index contributed by atoms with van der Waals surface area (Å²) in [5.74, 6) is 0. The van der Waals surface area contributed by atoms with Crippen molar-refractivity contribution in [2.24, 2.45) is 0 Å². The number of rotatable bonds is 3. The average molecular weight is 318 g/mol. The van der Waals surface area contributed by atoms with E-state index >= 15 is 0 Å². The third-order valence-corrected chi connectivity index (χ3v) is 4.14. The van der Waals surface area contributed by atoms with Crippen molar-refractivity contribution in [1.82, 2.24) is 4.90 Å². The third kappa shape index (κ3) is 5.45. The van der Waals surface area contributed by atoms with Crippen LogP contribution in [0.2, 0.25) is 0 Å². The summed E-state index contributed by atoms with van der Waals surface area (Å²) in [6, 6.07) is 8.89. The van der Waals surface area contributed by atoms with Gasteiger partial charge in [0.1, 0.15) is 5.60 Å². The van der Waals surface area contributed by atoms with Gasteiger partial charge in [-0.3, -0.25) is 0 Å². The fraction of sp³-hybridized carbons (Fsp3) is 0.632. The van der Waals surface area contributed by atoms with Crippen LogP contribution in [0.1, 0.15) is 52.5 Å². The highest BCUT2D eigenvalue weighted by molar-refractivity contribution is 5.68. The van der Waals surface area contributed by atoms with Gasteiger partial charge in [-0.25, -0.2) is 4.79 Å². The fourth-order valence-electron chi connectivity index (χ4n) is 2.94. The van der Waals surface area contributed by atoms with Crippen LogP contribution in [0.3, 0.4) is 0 Å². The van der Waals surface area contributed by atoms with Crippen LogP contribution >= 0.6 is 0 Å². The maximum Gasteiger partial charge on any atom is 0.410 e. The van der Waals surface area contributed by atoms with Gasteiger partial charge in [0.15, 0.2) is 0 Å². The van der Waals surface area contributed by atoms with Crippen molar-refractivity contribution in [2.75, 3.05) is 18.4 Å². The van der Waals surface area contributed by atoms with Crippen LogP contribution in [-0.2, 0) is 11.2 Å². The summed E-state index contributed by atoms with van der Waals surface area (Å²) in [6.45, 7) is 9.44. The molecular formula is C19H30N2O2. The van der Waals surface area contributed by atoms with Crippen LogP contribution in [0.15, 0.2) is 24.3 Å². The zero-order valence-electron chi connectivity index (χ0n) is 14.9. The topological polar surface area (TPSA) is 41.6 Å². The van der Waals surface area contributed by atoms with E-state index in [2.05, 4.69) is 36.5 Å². The Bertz CT molecular complexity index is 522. The number of nitrogens with zero attached hydrogens (tertiary/aromatic N) is 1. The first kappa shape index (κ1) is 17.6. The number of aryl methyl sites for hydroxylation is 1. The summed E-state index contributed by atoms with van der Waals surface area (Å²) < 4.78 is 5.49. The van der Waals surface area contributed by atoms with Crippen molar-refractivity contribution in [1.29, 1.82) is 0 Å². The van der Waals surface area contributed by atoms with Crippen molar-refractivity contribution in [2.45, 2.75) is 65.0 Å². The molecular weight excluding hydrogens is 288 g/mol. The quantitative estimate of drug-likeness (QED) is 0.895. The lowest BCUT2D eigenvalue weighted by Gasteiger charge is -2.26. The van der Waals surface area contributed by atoms with Gasteiger partial charge in [-0.15, -0.1) is 0 Å². The first-order chi connectivity index (χ1) is 10.9. The number of likely N-dealkylation sites (tertiary alicyclic amines) is 1. The van der Waals surface area contributed by atoms with Crippen LogP contribution in [0.5, 0.6) is 0 Å². The Hall–Kier alpha value is -1.71. The van der Waals surface area contributed by atoms with Crippen molar-refractivity contribution in [3.8, 4) is 0 Å². The molecule has 0 radical (unpaired) electrons. The van der Waals surface area contributed by atoms with Gasteiger partial charge in [-0.05, 0) is 58.1 Å². The second kappa shape index (κ2) is 7.71. The number of para-hydroxylation sites is 1. The van der Waals surface area contributed by atoms with Crippen LogP contribution in [-0.4, -0.2) is 35.7 Å². The van der Waals surface area contributed by atoms with E-state index in [1.807, 2.05) is 25.7 Å². The molecule has 0 saturated carbocycles. The Labute approximate surface area is 140 Å². The number of carbonyl (C=O) groups excluding carboxylic acids is 1. The highest BCUT2D eigenvalue weighted by Gasteiger charge is 2.25. The fourth-order valence-corrected chi connectivity index (χ4v) is 2.94. The zero-order valence-corrected chi connectivity index (χ0v) is 14.9. The van der Waals surface area contributed by atoms with Crippen molar-refractivity contribution >= 4 is 11.8 Å². The van der Waals surface area contributed by atoms with Crippen LogP contribution < -0.4 is 5.32 Å². The maximum absolute atomic E-state index is 12.2. The highest BCUT2D eigenvalue weighted by Crippen LogP contribution is 2.21. The lowest BCUT2D eigenvalue weighted by molar-refractivity contribution is 0.0256. The molecule has 0 aromatic heterocycles. The zero-order chi connectivity index (χ0) is 16.9. The second-order valence-electron chi connectivity index (χ2n) is 7.25. The monoisotopic (exact) mass is 318 g/mol. The van der Waals surface area contributed by atoms with E-state index in [0.717, 1.165) is 38.8 Å². The van der Waals surface area contributed by atoms with Crippen LogP contribution in [0.25, 0.3) is 0 Å². The summed E-state index contributed by atoms with van der Waals surface area (Å²) in [5.41, 5.74) is 2.15. The Balaban J connectivity index is 1.92. The number of hydrogen-bond donors (Lipinski definition) is 1. The van der Waals surface area contributed by atoms with Crippen molar-refractivity contribution < 1.29 is 9.53 Å². The minimum Gasteiger partial charge on any atom is -0.444 e. The molecule has 1 heterocycles. The number of amides is 1. The molecule has 1 fully saturated rings. The van der Waals surface area contributed by atoms with E-state index in [1.165, 1.54) is 11.3 Å². The molecule has 1 atom stereocenters. The molecule has 1 amide bonds. The number of carbonyl (C=O) groups is 1. The van der Waals surface area contributed by atoms with Gasteiger partial charge in [0.2, 0.25) is 0 Å². The molecule has 0 aliphatic carbocycles. The van der Waals surface area contributed by atoms with E-state index in [9.17, 15) is 4.79 Å². The molecule has 1 N–H and O–H groups in total. The summed E-state index contributed by atoms with van der Waals surface area (Å²) in [7, 11) is 0. The smallest absolute Gasteiger partial charge is 0.410 e. The lowest BCUT2D eigenvalue weighted by Crippen LogP contribution is -2.37. The van der Waals surface area contributed by atoms with E-state index in [4.69, 9.17) is 4.74 Å². The Morgan fingerprint density at radius 3 is 2.70 bits per heavy atom. The molecule has 4 nitrogen and oxygen atoms in total. The van der Waals surface area contributed by atoms with Gasteiger partial charge in [0, 0.05) is 24.8 Å². The Morgan fingerprint density at radius 2 is 2.00 bits per heavy atom. The molecule has 2 rings (SSSR count). The molecule has 4 heteroatoms. The second-order valence-corrected chi connectivity index (χ2v) is 7.25. The number of benzene rings is 1. The maximum atomic E-state index is 12.2. The highest BCUT2D eigenvalue weighted by atomic mass is 16.6. The van der Waals surface area contributed by atoms with Crippen LogP contribution in [0.4, 0.5) is 10.5 Å². The van der Waals surface area contributed by atoms with Crippen molar-refractivity contribution in [3.05, 3.63) is 29.8 Å². The molecule has 1 aliphatic rings. The first-order valence-electron chi connectivity index (χ1n) is 8.71. The number of hydrogen-bond acceptors (Lipinski definition) is 3. The van der Waals surface area contributed by atoms with Gasteiger partial charge in [-0.1, -0.05) is 25.1 Å². The third-order valence-electron chi connectivity index (χ3n) is 4.14. The van der Waals surface area contributed by atoms with E-state index in [0.29, 0.717) is 6.04 Å². The van der Waals surface area contributed by atoms with E-state index in [-0.39, 0.29) is 6.09 Å². The number of anilines is 1. The molecule has 1 unspecified atom stereocenters. The normalized spacial score (nSPS) is 19.1. The Kier molecular flexibility index (Phi) is 5.91. The summed E-state index contributed by atoms with van der Waals surface area (Å²) >= 11 is 0.